The van der Waals surface area contributed by atoms with Crippen molar-refractivity contribution in [1.82, 2.24) is 9.62 Å². The highest BCUT2D eigenvalue weighted by atomic mass is 32.2. The highest BCUT2D eigenvalue weighted by Crippen LogP contribution is 2.30. The Bertz CT molecular complexity index is 881. The highest BCUT2D eigenvalue weighted by Gasteiger charge is 2.30. The Labute approximate surface area is 168 Å². The van der Waals surface area contributed by atoms with Crippen LogP contribution in [0.5, 0.6) is 0 Å². The Hall–Kier alpha value is -1.93. The number of ether oxygens (including phenoxy) is 1. The molecule has 0 radical (unpaired) electrons. The number of sulfonamides is 1. The molecule has 2 aromatic rings. The average molecular weight is 404 g/mol. The fourth-order valence-corrected chi connectivity index (χ4v) is 4.95. The number of benzene rings is 2. The van der Waals surface area contributed by atoms with Crippen LogP contribution in [-0.4, -0.2) is 53.1 Å². The quantitative estimate of drug-likeness (QED) is 0.720. The van der Waals surface area contributed by atoms with Gasteiger partial charge in [0.2, 0.25) is 10.0 Å². The van der Waals surface area contributed by atoms with Gasteiger partial charge < -0.3 is 15.0 Å². The molecule has 1 heterocycles. The molecule has 1 aliphatic heterocycles. The Morgan fingerprint density at radius 3 is 2.43 bits per heavy atom. The first-order valence-electron chi connectivity index (χ1n) is 9.63. The van der Waals surface area contributed by atoms with E-state index in [9.17, 15) is 8.42 Å². The molecule has 6 nitrogen and oxygen atoms in total. The van der Waals surface area contributed by atoms with Gasteiger partial charge in [0, 0.05) is 46.0 Å². The Kier molecular flexibility index (Phi) is 6.72. The van der Waals surface area contributed by atoms with Gasteiger partial charge in [-0.3, -0.25) is 0 Å². The molecule has 1 fully saturated rings. The average Bonchev–Trinajstić information content (AvgIpc) is 2.75. The summed E-state index contributed by atoms with van der Waals surface area (Å²) >= 11 is 0. The number of hydrogen-bond donors (Lipinski definition) is 1. The second-order valence-corrected chi connectivity index (χ2v) is 8.90. The van der Waals surface area contributed by atoms with E-state index in [1.54, 1.807) is 19.2 Å². The van der Waals surface area contributed by atoms with Crippen molar-refractivity contribution in [1.29, 1.82) is 0 Å². The van der Waals surface area contributed by atoms with E-state index in [2.05, 4.69) is 17.1 Å². The van der Waals surface area contributed by atoms with E-state index in [0.717, 1.165) is 49.4 Å². The zero-order valence-electron chi connectivity index (χ0n) is 16.8. The maximum absolute atomic E-state index is 13.3. The van der Waals surface area contributed by atoms with Crippen molar-refractivity contribution in [2.75, 3.05) is 45.2 Å². The summed E-state index contributed by atoms with van der Waals surface area (Å²) in [6.45, 7) is 5.80. The van der Waals surface area contributed by atoms with E-state index < -0.39 is 16.3 Å². The van der Waals surface area contributed by atoms with Crippen LogP contribution in [0.2, 0.25) is 0 Å². The number of hydrogen-bond acceptors (Lipinski definition) is 5. The van der Waals surface area contributed by atoms with Gasteiger partial charge in [0.1, 0.15) is 6.23 Å². The van der Waals surface area contributed by atoms with Crippen LogP contribution in [0.1, 0.15) is 24.3 Å². The lowest BCUT2D eigenvalue weighted by molar-refractivity contribution is 0.0256. The fraction of sp³-hybridized carbons (Fsp3) is 0.429. The zero-order valence-corrected chi connectivity index (χ0v) is 17.6. The molecule has 0 spiro atoms. The lowest BCUT2D eigenvalue weighted by atomic mass is 10.1. The molecule has 28 heavy (non-hydrogen) atoms. The summed E-state index contributed by atoms with van der Waals surface area (Å²) in [7, 11) is -0.617. The zero-order chi connectivity index (χ0) is 20.1. The summed E-state index contributed by atoms with van der Waals surface area (Å²) in [4.78, 5) is 2.61. The van der Waals surface area contributed by atoms with Gasteiger partial charge in [-0.15, -0.1) is 0 Å². The summed E-state index contributed by atoms with van der Waals surface area (Å²) < 4.78 is 33.4. The predicted octanol–water partition coefficient (Wildman–Crippen LogP) is 2.62. The van der Waals surface area contributed by atoms with Crippen molar-refractivity contribution in [3.63, 3.8) is 0 Å². The smallest absolute Gasteiger partial charge is 0.245 e. The lowest BCUT2D eigenvalue weighted by Gasteiger charge is -2.32. The van der Waals surface area contributed by atoms with Crippen molar-refractivity contribution in [2.24, 2.45) is 0 Å². The molecule has 1 aliphatic rings. The SMILES string of the molecule is CCc1cc(S(=O)(=O)N(C)C(OC)c2ccccc2)ccc1N1CCNCC1. The van der Waals surface area contributed by atoms with Crippen molar-refractivity contribution in [3.8, 4) is 0 Å². The molecule has 1 atom stereocenters. The van der Waals surface area contributed by atoms with Crippen molar-refractivity contribution >= 4 is 15.7 Å². The molecule has 7 heteroatoms. The van der Waals surface area contributed by atoms with E-state index in [1.807, 2.05) is 36.4 Å². The molecule has 0 aliphatic carbocycles. The molecule has 0 saturated carbocycles. The Balaban J connectivity index is 1.92. The van der Waals surface area contributed by atoms with Crippen LogP contribution in [0.15, 0.2) is 53.4 Å². The van der Waals surface area contributed by atoms with Gasteiger partial charge in [-0.2, -0.15) is 4.31 Å². The normalized spacial score (nSPS) is 16.4. The third-order valence-electron chi connectivity index (χ3n) is 5.20. The molecule has 0 aromatic heterocycles. The standard InChI is InChI=1S/C21H29N3O3S/c1-4-17-16-19(10-11-20(17)24-14-12-22-13-15-24)28(25,26)23(2)21(27-3)18-8-6-5-7-9-18/h5-11,16,21-22H,4,12-15H2,1-3H3. The molecular formula is C21H29N3O3S. The second kappa shape index (κ2) is 9.05. The lowest BCUT2D eigenvalue weighted by Crippen LogP contribution is -2.43. The van der Waals surface area contributed by atoms with Gasteiger partial charge in [-0.1, -0.05) is 37.3 Å². The van der Waals surface area contributed by atoms with Gasteiger partial charge in [-0.05, 0) is 35.7 Å². The van der Waals surface area contributed by atoms with Crippen LogP contribution in [0, 0.1) is 0 Å². The van der Waals surface area contributed by atoms with E-state index in [4.69, 9.17) is 4.74 Å². The number of piperazine rings is 1. The largest absolute Gasteiger partial charge is 0.369 e. The van der Waals surface area contributed by atoms with Gasteiger partial charge in [0.15, 0.2) is 0 Å². The van der Waals surface area contributed by atoms with E-state index in [0.29, 0.717) is 4.90 Å². The maximum Gasteiger partial charge on any atom is 0.245 e. The maximum atomic E-state index is 13.3. The molecule has 3 rings (SSSR count). The first-order chi connectivity index (χ1) is 13.5. The van der Waals surface area contributed by atoms with Crippen LogP contribution in [0.4, 0.5) is 5.69 Å². The van der Waals surface area contributed by atoms with Gasteiger partial charge in [0.05, 0.1) is 4.90 Å². The van der Waals surface area contributed by atoms with E-state index in [1.165, 1.54) is 11.4 Å². The first-order valence-corrected chi connectivity index (χ1v) is 11.1. The number of anilines is 1. The third-order valence-corrected chi connectivity index (χ3v) is 7.00. The van der Waals surface area contributed by atoms with Gasteiger partial charge in [-0.25, -0.2) is 8.42 Å². The van der Waals surface area contributed by atoms with E-state index in [-0.39, 0.29) is 0 Å². The minimum Gasteiger partial charge on any atom is -0.369 e. The number of aryl methyl sites for hydroxylation is 1. The molecule has 0 bridgehead atoms. The summed E-state index contributed by atoms with van der Waals surface area (Å²) in [6, 6.07) is 14.8. The molecule has 1 N–H and O–H groups in total. The van der Waals surface area contributed by atoms with Gasteiger partial charge >= 0.3 is 0 Å². The molecule has 1 unspecified atom stereocenters. The minimum atomic E-state index is -3.70. The highest BCUT2D eigenvalue weighted by molar-refractivity contribution is 7.89. The number of nitrogens with one attached hydrogen (secondary N) is 1. The Morgan fingerprint density at radius 2 is 1.82 bits per heavy atom. The third kappa shape index (κ3) is 4.22. The molecule has 1 saturated heterocycles. The molecular weight excluding hydrogens is 374 g/mol. The topological polar surface area (TPSA) is 61.9 Å². The summed E-state index contributed by atoms with van der Waals surface area (Å²) in [6.07, 6.45) is 0.0998. The summed E-state index contributed by atoms with van der Waals surface area (Å²) in [5, 5.41) is 3.35. The van der Waals surface area contributed by atoms with Crippen LogP contribution in [0.25, 0.3) is 0 Å². The van der Waals surface area contributed by atoms with Crippen LogP contribution in [0.3, 0.4) is 0 Å². The first kappa shape index (κ1) is 20.8. The van der Waals surface area contributed by atoms with Crippen molar-refractivity contribution in [2.45, 2.75) is 24.5 Å². The van der Waals surface area contributed by atoms with Crippen molar-refractivity contribution < 1.29 is 13.2 Å². The molecule has 0 amide bonds. The van der Waals surface area contributed by atoms with Gasteiger partial charge in [0.25, 0.3) is 0 Å². The fourth-order valence-electron chi connectivity index (χ4n) is 3.62. The monoisotopic (exact) mass is 403 g/mol. The van der Waals surface area contributed by atoms with Crippen LogP contribution >= 0.6 is 0 Å². The molecule has 152 valence electrons. The Morgan fingerprint density at radius 1 is 1.14 bits per heavy atom. The van der Waals surface area contributed by atoms with Crippen LogP contribution < -0.4 is 10.2 Å². The van der Waals surface area contributed by atoms with Crippen molar-refractivity contribution in [3.05, 3.63) is 59.7 Å². The molecule has 2 aromatic carbocycles. The predicted molar refractivity (Wildman–Crippen MR) is 112 cm³/mol. The minimum absolute atomic E-state index is 0.295. The van der Waals surface area contributed by atoms with Crippen LogP contribution in [-0.2, 0) is 21.2 Å². The number of methoxy groups -OCH3 is 1. The number of nitrogens with zero attached hydrogens (tertiary/aromatic N) is 2. The summed E-state index contributed by atoms with van der Waals surface area (Å²) in [5.74, 6) is 0. The summed E-state index contributed by atoms with van der Waals surface area (Å²) in [5.41, 5.74) is 2.96. The number of rotatable bonds is 7. The second-order valence-electron chi connectivity index (χ2n) is 6.90. The van der Waals surface area contributed by atoms with E-state index >= 15 is 0 Å².